The molecule has 3 aromatic rings. The molecule has 0 bridgehead atoms. The van der Waals surface area contributed by atoms with Crippen molar-refractivity contribution in [1.82, 2.24) is 10.9 Å². The Morgan fingerprint density at radius 3 is 2.33 bits per heavy atom. The fraction of sp³-hybridized carbons (Fsp3) is 0.136. The minimum absolute atomic E-state index is 0.176. The number of thiophene rings is 1. The SMILES string of the molecule is COC(=O)c1cc(C)sc1NC(=S)NNC(=O)Cc1ccc(-c2ccccc2)cc1. The lowest BCUT2D eigenvalue weighted by atomic mass is 10.0. The van der Waals surface area contributed by atoms with Gasteiger partial charge in [-0.3, -0.25) is 15.6 Å². The molecule has 0 radical (unpaired) electrons. The number of benzene rings is 2. The maximum absolute atomic E-state index is 12.2. The number of carbonyl (C=O) groups excluding carboxylic acids is 2. The van der Waals surface area contributed by atoms with Crippen molar-refractivity contribution < 1.29 is 14.3 Å². The predicted molar refractivity (Wildman–Crippen MR) is 123 cm³/mol. The summed E-state index contributed by atoms with van der Waals surface area (Å²) in [5, 5.41) is 3.65. The molecule has 2 aromatic carbocycles. The summed E-state index contributed by atoms with van der Waals surface area (Å²) >= 11 is 6.57. The van der Waals surface area contributed by atoms with Crippen molar-refractivity contribution in [1.29, 1.82) is 0 Å². The van der Waals surface area contributed by atoms with Crippen molar-refractivity contribution in [3.8, 4) is 11.1 Å². The van der Waals surface area contributed by atoms with Gasteiger partial charge in [-0.2, -0.15) is 0 Å². The topological polar surface area (TPSA) is 79.5 Å². The van der Waals surface area contributed by atoms with Gasteiger partial charge in [-0.1, -0.05) is 54.6 Å². The molecule has 0 atom stereocenters. The molecule has 0 fully saturated rings. The zero-order chi connectivity index (χ0) is 21.5. The number of aryl methyl sites for hydroxylation is 1. The summed E-state index contributed by atoms with van der Waals surface area (Å²) in [4.78, 5) is 25.0. The van der Waals surface area contributed by atoms with Gasteiger partial charge in [0, 0.05) is 4.88 Å². The minimum atomic E-state index is -0.451. The highest BCUT2D eigenvalue weighted by atomic mass is 32.1. The molecule has 1 amide bonds. The van der Waals surface area contributed by atoms with E-state index in [4.69, 9.17) is 17.0 Å². The minimum Gasteiger partial charge on any atom is -0.465 e. The molecule has 3 rings (SSSR count). The van der Waals surface area contributed by atoms with Crippen LogP contribution in [0.5, 0.6) is 0 Å². The van der Waals surface area contributed by atoms with Crippen molar-refractivity contribution in [2.75, 3.05) is 12.4 Å². The Kier molecular flexibility index (Phi) is 7.16. The number of amides is 1. The molecule has 0 aliphatic carbocycles. The van der Waals surface area contributed by atoms with Gasteiger partial charge >= 0.3 is 5.97 Å². The number of rotatable bonds is 5. The van der Waals surface area contributed by atoms with Crippen molar-refractivity contribution in [2.45, 2.75) is 13.3 Å². The fourth-order valence-electron chi connectivity index (χ4n) is 2.80. The zero-order valence-electron chi connectivity index (χ0n) is 16.5. The summed E-state index contributed by atoms with van der Waals surface area (Å²) in [6, 6.07) is 19.6. The van der Waals surface area contributed by atoms with E-state index in [9.17, 15) is 9.59 Å². The van der Waals surface area contributed by atoms with Gasteiger partial charge in [0.25, 0.3) is 0 Å². The second-order valence-electron chi connectivity index (χ2n) is 6.46. The summed E-state index contributed by atoms with van der Waals surface area (Å²) in [6.45, 7) is 1.88. The molecule has 0 aliphatic rings. The highest BCUT2D eigenvalue weighted by molar-refractivity contribution is 7.80. The van der Waals surface area contributed by atoms with Crippen LogP contribution in [-0.2, 0) is 16.0 Å². The van der Waals surface area contributed by atoms with Gasteiger partial charge in [0.1, 0.15) is 5.00 Å². The van der Waals surface area contributed by atoms with E-state index in [-0.39, 0.29) is 17.4 Å². The van der Waals surface area contributed by atoms with Crippen molar-refractivity contribution in [3.63, 3.8) is 0 Å². The number of ether oxygens (including phenoxy) is 1. The van der Waals surface area contributed by atoms with Crippen LogP contribution in [0.3, 0.4) is 0 Å². The van der Waals surface area contributed by atoms with Crippen LogP contribution in [0.1, 0.15) is 20.8 Å². The first-order valence-corrected chi connectivity index (χ1v) is 10.4. The Bertz CT molecular complexity index is 1050. The number of hydrazine groups is 1. The van der Waals surface area contributed by atoms with Gasteiger partial charge in [0.05, 0.1) is 19.1 Å². The van der Waals surface area contributed by atoms with Crippen molar-refractivity contribution in [2.24, 2.45) is 0 Å². The quantitative estimate of drug-likeness (QED) is 0.316. The largest absolute Gasteiger partial charge is 0.465 e. The van der Waals surface area contributed by atoms with Crippen LogP contribution in [0.4, 0.5) is 5.00 Å². The van der Waals surface area contributed by atoms with Crippen LogP contribution in [0.15, 0.2) is 60.7 Å². The summed E-state index contributed by atoms with van der Waals surface area (Å²) < 4.78 is 4.77. The number of methoxy groups -OCH3 is 1. The third-order valence-corrected chi connectivity index (χ3v) is 5.40. The lowest BCUT2D eigenvalue weighted by molar-refractivity contribution is -0.121. The van der Waals surface area contributed by atoms with Crippen LogP contribution >= 0.6 is 23.6 Å². The van der Waals surface area contributed by atoms with Crippen LogP contribution < -0.4 is 16.2 Å². The molecule has 0 saturated heterocycles. The lowest BCUT2D eigenvalue weighted by Gasteiger charge is -2.11. The number of anilines is 1. The van der Waals surface area contributed by atoms with Crippen molar-refractivity contribution >= 4 is 45.5 Å². The van der Waals surface area contributed by atoms with Gasteiger partial charge in [0.15, 0.2) is 5.11 Å². The Hall–Kier alpha value is -3.23. The highest BCUT2D eigenvalue weighted by Gasteiger charge is 2.16. The molecule has 0 saturated carbocycles. The standard InChI is InChI=1S/C22H21N3O3S2/c1-14-12-18(21(27)28-2)20(30-14)23-22(29)25-24-19(26)13-15-8-10-17(11-9-15)16-6-4-3-5-7-16/h3-12H,13H2,1-2H3,(H,24,26)(H2,23,25,29). The van der Waals surface area contributed by atoms with Gasteiger partial charge in [0.2, 0.25) is 5.91 Å². The molecule has 8 heteroatoms. The average Bonchev–Trinajstić information content (AvgIpc) is 3.12. The Labute approximate surface area is 184 Å². The molecule has 154 valence electrons. The third-order valence-electron chi connectivity index (χ3n) is 4.23. The highest BCUT2D eigenvalue weighted by Crippen LogP contribution is 2.28. The molecular formula is C22H21N3O3S2. The number of nitrogens with one attached hydrogen (secondary N) is 3. The summed E-state index contributed by atoms with van der Waals surface area (Å²) in [6.07, 6.45) is 0.205. The summed E-state index contributed by atoms with van der Waals surface area (Å²) in [5.41, 5.74) is 8.72. The summed E-state index contributed by atoms with van der Waals surface area (Å²) in [5.74, 6) is -0.685. The number of thiocarbonyl (C=S) groups is 1. The van der Waals surface area contributed by atoms with Gasteiger partial charge in [-0.15, -0.1) is 11.3 Å². The van der Waals surface area contributed by atoms with E-state index in [0.717, 1.165) is 21.6 Å². The molecule has 0 spiro atoms. The molecule has 0 aliphatic heterocycles. The maximum Gasteiger partial charge on any atom is 0.340 e. The second-order valence-corrected chi connectivity index (χ2v) is 8.12. The lowest BCUT2D eigenvalue weighted by Crippen LogP contribution is -2.44. The number of carbonyl (C=O) groups is 2. The molecule has 6 nitrogen and oxygen atoms in total. The van der Waals surface area contributed by atoms with E-state index in [0.29, 0.717) is 10.6 Å². The third kappa shape index (κ3) is 5.65. The van der Waals surface area contributed by atoms with Gasteiger partial charge in [-0.25, -0.2) is 4.79 Å². The number of esters is 1. The van der Waals surface area contributed by atoms with Crippen molar-refractivity contribution in [3.05, 3.63) is 76.7 Å². The Morgan fingerprint density at radius 2 is 1.67 bits per heavy atom. The van der Waals surface area contributed by atoms with Gasteiger partial charge < -0.3 is 10.1 Å². The normalized spacial score (nSPS) is 10.2. The molecule has 1 aromatic heterocycles. The number of hydrogen-bond acceptors (Lipinski definition) is 5. The van der Waals surface area contributed by atoms with E-state index < -0.39 is 5.97 Å². The first kappa shape index (κ1) is 21.5. The van der Waals surface area contributed by atoms with Crippen LogP contribution in [0.2, 0.25) is 0 Å². The molecular weight excluding hydrogens is 418 g/mol. The molecule has 1 heterocycles. The van der Waals surface area contributed by atoms with E-state index in [1.54, 1.807) is 6.07 Å². The Balaban J connectivity index is 1.51. The van der Waals surface area contributed by atoms with Crippen LogP contribution in [0, 0.1) is 6.92 Å². The van der Waals surface area contributed by atoms with Crippen LogP contribution in [-0.4, -0.2) is 24.1 Å². The Morgan fingerprint density at radius 1 is 1.00 bits per heavy atom. The van der Waals surface area contributed by atoms with Gasteiger partial charge in [-0.05, 0) is 41.9 Å². The first-order chi connectivity index (χ1) is 14.5. The zero-order valence-corrected chi connectivity index (χ0v) is 18.2. The summed E-state index contributed by atoms with van der Waals surface area (Å²) in [7, 11) is 1.32. The first-order valence-electron chi connectivity index (χ1n) is 9.15. The van der Waals surface area contributed by atoms with Crippen LogP contribution in [0.25, 0.3) is 11.1 Å². The van der Waals surface area contributed by atoms with E-state index in [2.05, 4.69) is 16.2 Å². The number of hydrogen-bond donors (Lipinski definition) is 3. The molecule has 0 unspecified atom stereocenters. The monoisotopic (exact) mass is 439 g/mol. The van der Waals surface area contributed by atoms with E-state index in [1.165, 1.54) is 18.4 Å². The van der Waals surface area contributed by atoms with E-state index >= 15 is 0 Å². The maximum atomic E-state index is 12.2. The average molecular weight is 440 g/mol. The van der Waals surface area contributed by atoms with E-state index in [1.807, 2.05) is 61.5 Å². The molecule has 30 heavy (non-hydrogen) atoms. The second kappa shape index (κ2) is 10.00. The smallest absolute Gasteiger partial charge is 0.340 e. The predicted octanol–water partition coefficient (Wildman–Crippen LogP) is 4.07. The fourth-order valence-corrected chi connectivity index (χ4v) is 3.93. The molecule has 3 N–H and O–H groups in total.